The third-order valence-corrected chi connectivity index (χ3v) is 8.18. The van der Waals surface area contributed by atoms with Crippen LogP contribution in [0.25, 0.3) is 5.69 Å². The lowest BCUT2D eigenvalue weighted by Crippen LogP contribution is -2.16. The molecule has 0 saturated heterocycles. The maximum Gasteiger partial charge on any atom is 0.307 e. The van der Waals surface area contributed by atoms with Gasteiger partial charge in [0.2, 0.25) is 0 Å². The standard InChI is InChI=1S/C32H26ClI2N3O4/c1-20-3-4-21(2)38(20)25-9-11-26(12-10-25)40-19-27-13-14-30(42-27)32(39)37-36-17-23-15-28(34)31(29(35)16-23)41-18-22-5-7-24(33)8-6-22/h3-17H,18-19H2,1-2H3,(H,37,39)/b36-17+. The second-order valence-corrected chi connectivity index (χ2v) is 12.2. The number of carbonyl (C=O) groups is 1. The third kappa shape index (κ3) is 7.56. The van der Waals surface area contributed by atoms with Gasteiger partial charge in [-0.25, -0.2) is 5.43 Å². The first kappa shape index (κ1) is 30.2. The molecule has 10 heteroatoms. The number of halogens is 3. The molecule has 0 saturated carbocycles. The van der Waals surface area contributed by atoms with Gasteiger partial charge in [-0.05, 0) is 143 Å². The molecule has 0 radical (unpaired) electrons. The summed E-state index contributed by atoms with van der Waals surface area (Å²) in [4.78, 5) is 12.6. The molecule has 5 rings (SSSR count). The van der Waals surface area contributed by atoms with E-state index in [-0.39, 0.29) is 12.4 Å². The lowest BCUT2D eigenvalue weighted by Gasteiger charge is -2.11. The molecule has 0 aliphatic carbocycles. The zero-order valence-corrected chi connectivity index (χ0v) is 27.8. The van der Waals surface area contributed by atoms with E-state index in [4.69, 9.17) is 25.5 Å². The van der Waals surface area contributed by atoms with Crippen molar-refractivity contribution in [2.75, 3.05) is 0 Å². The molecule has 0 atom stereocenters. The van der Waals surface area contributed by atoms with E-state index >= 15 is 0 Å². The minimum atomic E-state index is -0.452. The number of furan rings is 1. The fraction of sp³-hybridized carbons (Fsp3) is 0.125. The van der Waals surface area contributed by atoms with Gasteiger partial charge in [-0.1, -0.05) is 23.7 Å². The largest absolute Gasteiger partial charge is 0.487 e. The maximum absolute atomic E-state index is 12.6. The molecule has 214 valence electrons. The summed E-state index contributed by atoms with van der Waals surface area (Å²) in [7, 11) is 0. The number of carbonyl (C=O) groups excluding carboxylic acids is 1. The average Bonchev–Trinajstić information content (AvgIpc) is 3.59. The minimum Gasteiger partial charge on any atom is -0.487 e. The van der Waals surface area contributed by atoms with Crippen LogP contribution in [0.2, 0.25) is 5.02 Å². The van der Waals surface area contributed by atoms with E-state index in [2.05, 4.69) is 86.3 Å². The molecule has 0 bridgehead atoms. The molecule has 3 aromatic carbocycles. The molecule has 0 spiro atoms. The number of benzene rings is 3. The van der Waals surface area contributed by atoms with Gasteiger partial charge in [0.25, 0.3) is 0 Å². The van der Waals surface area contributed by atoms with Gasteiger partial charge >= 0.3 is 5.91 Å². The lowest BCUT2D eigenvalue weighted by atomic mass is 10.2. The number of aryl methyl sites for hydroxylation is 2. The molecule has 0 aliphatic rings. The van der Waals surface area contributed by atoms with Crippen molar-refractivity contribution in [1.82, 2.24) is 9.99 Å². The zero-order chi connectivity index (χ0) is 29.6. The van der Waals surface area contributed by atoms with Crippen molar-refractivity contribution in [3.63, 3.8) is 0 Å². The monoisotopic (exact) mass is 805 g/mol. The molecular formula is C32H26ClI2N3O4. The van der Waals surface area contributed by atoms with E-state index in [9.17, 15) is 4.79 Å². The lowest BCUT2D eigenvalue weighted by molar-refractivity contribution is 0.0923. The molecule has 1 amide bonds. The van der Waals surface area contributed by atoms with Crippen molar-refractivity contribution < 1.29 is 18.7 Å². The second kappa shape index (κ2) is 13.8. The van der Waals surface area contributed by atoms with Crippen molar-refractivity contribution in [3.8, 4) is 17.2 Å². The summed E-state index contributed by atoms with van der Waals surface area (Å²) < 4.78 is 21.6. The summed E-state index contributed by atoms with van der Waals surface area (Å²) in [5.41, 5.74) is 7.78. The van der Waals surface area contributed by atoms with Crippen LogP contribution in [-0.4, -0.2) is 16.7 Å². The summed E-state index contributed by atoms with van der Waals surface area (Å²) in [6.45, 7) is 4.78. The van der Waals surface area contributed by atoms with Crippen LogP contribution in [0.15, 0.2) is 94.4 Å². The third-order valence-electron chi connectivity index (χ3n) is 6.33. The van der Waals surface area contributed by atoms with Crippen LogP contribution in [0, 0.1) is 21.0 Å². The van der Waals surface area contributed by atoms with E-state index in [1.807, 2.05) is 60.7 Å². The Morgan fingerprint density at radius 1 is 0.905 bits per heavy atom. The van der Waals surface area contributed by atoms with Crippen LogP contribution in [0.4, 0.5) is 0 Å². The highest BCUT2D eigenvalue weighted by atomic mass is 127. The summed E-state index contributed by atoms with van der Waals surface area (Å²) in [6, 6.07) is 26.8. The molecule has 1 N–H and O–H groups in total. The van der Waals surface area contributed by atoms with E-state index in [1.54, 1.807) is 18.3 Å². The van der Waals surface area contributed by atoms with Crippen LogP contribution in [-0.2, 0) is 13.2 Å². The SMILES string of the molecule is Cc1ccc(C)n1-c1ccc(OCc2ccc(C(=O)N/N=C/c3cc(I)c(OCc4ccc(Cl)cc4)c(I)c3)o2)cc1. The predicted octanol–water partition coefficient (Wildman–Crippen LogP) is 8.47. The Balaban J connectivity index is 1.12. The fourth-order valence-electron chi connectivity index (χ4n) is 4.25. The number of hydrazone groups is 1. The van der Waals surface area contributed by atoms with Gasteiger partial charge < -0.3 is 18.5 Å². The second-order valence-electron chi connectivity index (χ2n) is 9.43. The Morgan fingerprint density at radius 3 is 2.24 bits per heavy atom. The summed E-state index contributed by atoms with van der Waals surface area (Å²) >= 11 is 10.4. The summed E-state index contributed by atoms with van der Waals surface area (Å²) in [6.07, 6.45) is 1.58. The number of aromatic nitrogens is 1. The van der Waals surface area contributed by atoms with Crippen LogP contribution < -0.4 is 14.9 Å². The summed E-state index contributed by atoms with van der Waals surface area (Å²) in [5.74, 6) is 1.73. The number of rotatable bonds is 10. The highest BCUT2D eigenvalue weighted by Crippen LogP contribution is 2.29. The maximum atomic E-state index is 12.6. The van der Waals surface area contributed by atoms with Gasteiger partial charge in [-0.3, -0.25) is 4.79 Å². The topological polar surface area (TPSA) is 78.0 Å². The Labute approximate surface area is 276 Å². The average molecular weight is 806 g/mol. The van der Waals surface area contributed by atoms with Crippen molar-refractivity contribution in [2.24, 2.45) is 5.10 Å². The molecule has 5 aromatic rings. The first-order valence-electron chi connectivity index (χ1n) is 12.9. The van der Waals surface area contributed by atoms with Gasteiger partial charge in [0.1, 0.15) is 30.5 Å². The van der Waals surface area contributed by atoms with Gasteiger partial charge in [-0.2, -0.15) is 5.10 Å². The van der Waals surface area contributed by atoms with Crippen LogP contribution >= 0.6 is 56.8 Å². The fourth-order valence-corrected chi connectivity index (χ4v) is 6.50. The molecule has 2 aromatic heterocycles. The quantitative estimate of drug-likeness (QED) is 0.0874. The number of nitrogens with zero attached hydrogens (tertiary/aromatic N) is 2. The highest BCUT2D eigenvalue weighted by Gasteiger charge is 2.12. The van der Waals surface area contributed by atoms with E-state index in [1.165, 1.54) is 11.4 Å². The predicted molar refractivity (Wildman–Crippen MR) is 181 cm³/mol. The first-order chi connectivity index (χ1) is 20.3. The smallest absolute Gasteiger partial charge is 0.307 e. The number of nitrogens with one attached hydrogen (secondary N) is 1. The Hall–Kier alpha value is -3.29. The number of amides is 1. The highest BCUT2D eigenvalue weighted by molar-refractivity contribution is 14.1. The van der Waals surface area contributed by atoms with Crippen molar-refractivity contribution in [3.05, 3.63) is 131 Å². The molecular weight excluding hydrogens is 780 g/mol. The Kier molecular flexibility index (Phi) is 9.91. The van der Waals surface area contributed by atoms with E-state index in [0.29, 0.717) is 23.1 Å². The molecule has 42 heavy (non-hydrogen) atoms. The van der Waals surface area contributed by atoms with Crippen molar-refractivity contribution in [2.45, 2.75) is 27.1 Å². The zero-order valence-electron chi connectivity index (χ0n) is 22.7. The minimum absolute atomic E-state index is 0.148. The van der Waals surface area contributed by atoms with Gasteiger partial charge in [0.05, 0.1) is 13.4 Å². The number of ether oxygens (including phenoxy) is 2. The van der Waals surface area contributed by atoms with E-state index in [0.717, 1.165) is 29.7 Å². The molecule has 7 nitrogen and oxygen atoms in total. The molecule has 0 unspecified atom stereocenters. The van der Waals surface area contributed by atoms with Crippen molar-refractivity contribution in [1.29, 1.82) is 0 Å². The van der Waals surface area contributed by atoms with Gasteiger partial charge in [-0.15, -0.1) is 0 Å². The molecule has 0 fully saturated rings. The molecule has 0 aliphatic heterocycles. The molecule has 2 heterocycles. The van der Waals surface area contributed by atoms with Gasteiger partial charge in [0, 0.05) is 22.1 Å². The van der Waals surface area contributed by atoms with Crippen LogP contribution in [0.3, 0.4) is 0 Å². The number of hydrogen-bond donors (Lipinski definition) is 1. The van der Waals surface area contributed by atoms with Crippen LogP contribution in [0.1, 0.15) is 38.8 Å². The Bertz CT molecular complexity index is 1690. The van der Waals surface area contributed by atoms with Crippen molar-refractivity contribution >= 4 is 68.9 Å². The van der Waals surface area contributed by atoms with E-state index < -0.39 is 5.91 Å². The summed E-state index contributed by atoms with van der Waals surface area (Å²) in [5, 5.41) is 4.79. The Morgan fingerprint density at radius 2 is 1.57 bits per heavy atom. The normalized spacial score (nSPS) is 11.2. The number of hydrogen-bond acceptors (Lipinski definition) is 5. The first-order valence-corrected chi connectivity index (χ1v) is 15.5. The van der Waals surface area contributed by atoms with Crippen LogP contribution in [0.5, 0.6) is 11.5 Å². The van der Waals surface area contributed by atoms with Gasteiger partial charge in [0.15, 0.2) is 5.76 Å².